The number of nitrogens with zero attached hydrogens (tertiary/aromatic N) is 1. The Labute approximate surface area is 135 Å². The molecule has 23 heavy (non-hydrogen) atoms. The zero-order chi connectivity index (χ0) is 17.2. The maximum absolute atomic E-state index is 12.1. The summed E-state index contributed by atoms with van der Waals surface area (Å²) in [7, 11) is 0. The van der Waals surface area contributed by atoms with Gasteiger partial charge in [-0.3, -0.25) is 19.3 Å². The molecule has 0 spiro atoms. The standard InChI is InChI=1S/C17H22N2O4/c1-5-13(20)11-6-7-14-12(8-11)19(16(22)10-23-14)9-15(21)18-17(2,3)4/h6-8H,5,9-10H2,1-4H3,(H,18,21). The molecular formula is C17H22N2O4. The lowest BCUT2D eigenvalue weighted by atomic mass is 10.1. The highest BCUT2D eigenvalue weighted by atomic mass is 16.5. The van der Waals surface area contributed by atoms with Crippen molar-refractivity contribution < 1.29 is 19.1 Å². The van der Waals surface area contributed by atoms with Crippen LogP contribution in [0.2, 0.25) is 0 Å². The molecule has 0 atom stereocenters. The van der Waals surface area contributed by atoms with Crippen LogP contribution in [0.25, 0.3) is 0 Å². The zero-order valence-electron chi connectivity index (χ0n) is 13.9. The van der Waals surface area contributed by atoms with Crippen LogP contribution in [0, 0.1) is 0 Å². The van der Waals surface area contributed by atoms with Crippen LogP contribution in [-0.2, 0) is 9.59 Å². The van der Waals surface area contributed by atoms with E-state index in [2.05, 4.69) is 5.32 Å². The SMILES string of the molecule is CCC(=O)c1ccc2c(c1)N(CC(=O)NC(C)(C)C)C(=O)CO2. The van der Waals surface area contributed by atoms with Gasteiger partial charge in [0, 0.05) is 17.5 Å². The molecule has 1 aliphatic rings. The number of amides is 2. The minimum Gasteiger partial charge on any atom is -0.482 e. The first-order chi connectivity index (χ1) is 10.7. The Hall–Kier alpha value is -2.37. The van der Waals surface area contributed by atoms with Crippen LogP contribution in [0.3, 0.4) is 0 Å². The third-order valence-corrected chi connectivity index (χ3v) is 3.36. The van der Waals surface area contributed by atoms with E-state index in [4.69, 9.17) is 4.74 Å². The molecular weight excluding hydrogens is 296 g/mol. The fourth-order valence-corrected chi connectivity index (χ4v) is 2.35. The van der Waals surface area contributed by atoms with Crippen molar-refractivity contribution in [2.75, 3.05) is 18.1 Å². The van der Waals surface area contributed by atoms with Gasteiger partial charge >= 0.3 is 0 Å². The van der Waals surface area contributed by atoms with Crippen LogP contribution in [0.4, 0.5) is 5.69 Å². The second kappa shape index (κ2) is 6.40. The summed E-state index contributed by atoms with van der Waals surface area (Å²) >= 11 is 0. The largest absolute Gasteiger partial charge is 0.482 e. The van der Waals surface area contributed by atoms with Crippen molar-refractivity contribution in [1.29, 1.82) is 0 Å². The molecule has 0 saturated carbocycles. The highest BCUT2D eigenvalue weighted by molar-refractivity contribution is 6.04. The average Bonchev–Trinajstić information content (AvgIpc) is 2.47. The summed E-state index contributed by atoms with van der Waals surface area (Å²) in [5, 5.41) is 2.83. The maximum Gasteiger partial charge on any atom is 0.265 e. The molecule has 0 radical (unpaired) electrons. The van der Waals surface area contributed by atoms with Gasteiger partial charge in [0.2, 0.25) is 5.91 Å². The molecule has 124 valence electrons. The van der Waals surface area contributed by atoms with E-state index < -0.39 is 0 Å². The highest BCUT2D eigenvalue weighted by Crippen LogP contribution is 2.33. The first kappa shape index (κ1) is 17.0. The minimum absolute atomic E-state index is 0.0232. The summed E-state index contributed by atoms with van der Waals surface area (Å²) in [5.74, 6) is -0.0840. The number of carbonyl (C=O) groups excluding carboxylic acids is 3. The van der Waals surface area contributed by atoms with Gasteiger partial charge in [0.05, 0.1) is 5.69 Å². The summed E-state index contributed by atoms with van der Waals surface area (Å²) in [5.41, 5.74) is 0.588. The molecule has 2 amide bonds. The van der Waals surface area contributed by atoms with E-state index in [1.807, 2.05) is 20.8 Å². The molecule has 0 saturated heterocycles. The second-order valence-corrected chi connectivity index (χ2v) is 6.53. The van der Waals surface area contributed by atoms with E-state index in [9.17, 15) is 14.4 Å². The summed E-state index contributed by atoms with van der Waals surface area (Å²) in [6.07, 6.45) is 0.373. The van der Waals surface area contributed by atoms with Crippen LogP contribution < -0.4 is 15.0 Å². The van der Waals surface area contributed by atoms with E-state index in [1.165, 1.54) is 4.90 Å². The maximum atomic E-state index is 12.1. The van der Waals surface area contributed by atoms with Gasteiger partial charge in [-0.15, -0.1) is 0 Å². The lowest BCUT2D eigenvalue weighted by Gasteiger charge is -2.30. The van der Waals surface area contributed by atoms with Crippen molar-refractivity contribution in [3.63, 3.8) is 0 Å². The normalized spacial score (nSPS) is 14.1. The number of ether oxygens (including phenoxy) is 1. The number of hydrogen-bond donors (Lipinski definition) is 1. The molecule has 1 heterocycles. The second-order valence-electron chi connectivity index (χ2n) is 6.53. The van der Waals surface area contributed by atoms with Crippen LogP contribution in [0.15, 0.2) is 18.2 Å². The fraction of sp³-hybridized carbons (Fsp3) is 0.471. The Bertz CT molecular complexity index is 646. The Kier molecular flexibility index (Phi) is 4.73. The first-order valence-electron chi connectivity index (χ1n) is 7.62. The lowest BCUT2D eigenvalue weighted by Crippen LogP contribution is -2.49. The van der Waals surface area contributed by atoms with Crippen LogP contribution in [0.1, 0.15) is 44.5 Å². The van der Waals surface area contributed by atoms with E-state index >= 15 is 0 Å². The van der Waals surface area contributed by atoms with Gasteiger partial charge in [-0.05, 0) is 39.0 Å². The summed E-state index contributed by atoms with van der Waals surface area (Å²) in [4.78, 5) is 37.5. The third-order valence-electron chi connectivity index (χ3n) is 3.36. The van der Waals surface area contributed by atoms with Crippen molar-refractivity contribution in [3.05, 3.63) is 23.8 Å². The number of hydrogen-bond acceptors (Lipinski definition) is 4. The van der Waals surface area contributed by atoms with Gasteiger partial charge in [0.15, 0.2) is 12.4 Å². The minimum atomic E-state index is -0.380. The quantitative estimate of drug-likeness (QED) is 0.861. The van der Waals surface area contributed by atoms with Crippen molar-refractivity contribution in [2.45, 2.75) is 39.7 Å². The third kappa shape index (κ3) is 4.09. The molecule has 1 aromatic carbocycles. The summed E-state index contributed by atoms with van der Waals surface area (Å²) in [6.45, 7) is 7.18. The number of rotatable bonds is 4. The van der Waals surface area contributed by atoms with E-state index in [-0.39, 0.29) is 36.3 Å². The van der Waals surface area contributed by atoms with Gasteiger partial charge in [0.1, 0.15) is 12.3 Å². The fourth-order valence-electron chi connectivity index (χ4n) is 2.35. The number of carbonyl (C=O) groups is 3. The number of nitrogens with one attached hydrogen (secondary N) is 1. The number of fused-ring (bicyclic) bond motifs is 1. The number of anilines is 1. The van der Waals surface area contributed by atoms with Crippen LogP contribution in [0.5, 0.6) is 5.75 Å². The van der Waals surface area contributed by atoms with Crippen molar-refractivity contribution in [3.8, 4) is 5.75 Å². The molecule has 0 bridgehead atoms. The molecule has 6 nitrogen and oxygen atoms in total. The first-order valence-corrected chi connectivity index (χ1v) is 7.62. The molecule has 1 aliphatic heterocycles. The van der Waals surface area contributed by atoms with Gasteiger partial charge in [-0.1, -0.05) is 6.92 Å². The number of benzene rings is 1. The Morgan fingerprint density at radius 2 is 2.00 bits per heavy atom. The predicted octanol–water partition coefficient (Wildman–Crippen LogP) is 1.92. The Morgan fingerprint density at radius 3 is 2.61 bits per heavy atom. The number of ketones is 1. The molecule has 1 aromatic rings. The molecule has 6 heteroatoms. The Morgan fingerprint density at radius 1 is 1.30 bits per heavy atom. The molecule has 0 aromatic heterocycles. The van der Waals surface area contributed by atoms with Crippen LogP contribution >= 0.6 is 0 Å². The molecule has 2 rings (SSSR count). The Balaban J connectivity index is 2.29. The summed E-state index contributed by atoms with van der Waals surface area (Å²) < 4.78 is 5.38. The lowest BCUT2D eigenvalue weighted by molar-refractivity contribution is -0.126. The van der Waals surface area contributed by atoms with E-state index in [1.54, 1.807) is 25.1 Å². The van der Waals surface area contributed by atoms with Crippen molar-refractivity contribution >= 4 is 23.3 Å². The molecule has 1 N–H and O–H groups in total. The van der Waals surface area contributed by atoms with Gasteiger partial charge < -0.3 is 10.1 Å². The van der Waals surface area contributed by atoms with Crippen molar-refractivity contribution in [2.24, 2.45) is 0 Å². The van der Waals surface area contributed by atoms with Crippen LogP contribution in [-0.4, -0.2) is 36.3 Å². The molecule has 0 unspecified atom stereocenters. The van der Waals surface area contributed by atoms with Gasteiger partial charge in [-0.2, -0.15) is 0 Å². The average molecular weight is 318 g/mol. The topological polar surface area (TPSA) is 75.7 Å². The highest BCUT2D eigenvalue weighted by Gasteiger charge is 2.29. The smallest absolute Gasteiger partial charge is 0.265 e. The zero-order valence-corrected chi connectivity index (χ0v) is 13.9. The van der Waals surface area contributed by atoms with Gasteiger partial charge in [0.25, 0.3) is 5.91 Å². The van der Waals surface area contributed by atoms with E-state index in [0.29, 0.717) is 23.4 Å². The monoisotopic (exact) mass is 318 g/mol. The predicted molar refractivity (Wildman–Crippen MR) is 86.8 cm³/mol. The molecule has 0 fully saturated rings. The van der Waals surface area contributed by atoms with E-state index in [0.717, 1.165) is 0 Å². The molecule has 0 aliphatic carbocycles. The van der Waals surface area contributed by atoms with Crippen molar-refractivity contribution in [1.82, 2.24) is 5.32 Å². The number of Topliss-reactive ketones (excluding diaryl/α,β-unsaturated/α-hetero) is 1. The van der Waals surface area contributed by atoms with Gasteiger partial charge in [-0.25, -0.2) is 0 Å². The summed E-state index contributed by atoms with van der Waals surface area (Å²) in [6, 6.07) is 4.95.